The highest BCUT2D eigenvalue weighted by atomic mass is 31.2. The fourth-order valence-electron chi connectivity index (χ4n) is 12.0. The van der Waals surface area contributed by atoms with Crippen LogP contribution in [0.3, 0.4) is 0 Å². The maximum atomic E-state index is 13.1. The van der Waals surface area contributed by atoms with Crippen molar-refractivity contribution < 1.29 is 32.9 Å². The summed E-state index contributed by atoms with van der Waals surface area (Å²) in [5.74, 6) is -0.185. The highest BCUT2D eigenvalue weighted by Crippen LogP contribution is 2.43. The molecule has 0 aliphatic heterocycles. The number of rotatable bonds is 74. The van der Waals surface area contributed by atoms with Crippen LogP contribution < -0.4 is 5.32 Å². The Bertz CT molecular complexity index is 1720. The molecule has 1 amide bonds. The van der Waals surface area contributed by atoms with Gasteiger partial charge in [0.25, 0.3) is 0 Å². The van der Waals surface area contributed by atoms with Crippen molar-refractivity contribution in [2.45, 2.75) is 405 Å². The fraction of sp³-hybridized carbons (Fsp3) is 0.841. The average Bonchev–Trinajstić information content (AvgIpc) is 3.42. The number of carbonyl (C=O) groups excluding carboxylic acids is 1. The van der Waals surface area contributed by atoms with Gasteiger partial charge in [-0.25, -0.2) is 4.57 Å². The van der Waals surface area contributed by atoms with E-state index in [1.807, 2.05) is 27.2 Å². The number of hydrogen-bond acceptors (Lipinski definition) is 5. The summed E-state index contributed by atoms with van der Waals surface area (Å²) in [6.07, 6.45) is 102. The lowest BCUT2D eigenvalue weighted by atomic mass is 10.0. The minimum atomic E-state index is -4.37. The summed E-state index contributed by atoms with van der Waals surface area (Å²) in [5, 5.41) is 14.0. The first kappa shape index (κ1) is 88.9. The highest BCUT2D eigenvalue weighted by molar-refractivity contribution is 7.47. The van der Waals surface area contributed by atoms with Crippen LogP contribution in [0, 0.1) is 0 Å². The summed E-state index contributed by atoms with van der Waals surface area (Å²) in [6, 6.07) is -0.874. The molecule has 0 aromatic carbocycles. The van der Waals surface area contributed by atoms with Gasteiger partial charge in [0.05, 0.1) is 39.9 Å². The van der Waals surface area contributed by atoms with E-state index >= 15 is 0 Å². The Hall–Kier alpha value is -2.06. The number of aliphatic hydroxyl groups is 1. The Morgan fingerprint density at radius 3 is 0.956 bits per heavy atom. The summed E-state index contributed by atoms with van der Waals surface area (Å²) in [4.78, 5) is 23.5. The number of amides is 1. The molecule has 0 aliphatic carbocycles. The summed E-state index contributed by atoms with van der Waals surface area (Å²) in [6.45, 7) is 4.83. The number of carbonyl (C=O) groups is 1. The third-order valence-corrected chi connectivity index (χ3v) is 19.1. The second kappa shape index (κ2) is 72.2. The second-order valence-corrected chi connectivity index (χ2v) is 29.9. The van der Waals surface area contributed by atoms with Gasteiger partial charge < -0.3 is 19.8 Å². The molecule has 534 valence electrons. The van der Waals surface area contributed by atoms with Gasteiger partial charge in [-0.15, -0.1) is 0 Å². The van der Waals surface area contributed by atoms with Crippen LogP contribution in [0.5, 0.6) is 0 Å². The van der Waals surface area contributed by atoms with E-state index in [1.54, 1.807) is 6.08 Å². The van der Waals surface area contributed by atoms with Gasteiger partial charge in [0.1, 0.15) is 13.2 Å². The van der Waals surface area contributed by atoms with E-state index in [4.69, 9.17) is 9.05 Å². The van der Waals surface area contributed by atoms with Crippen molar-refractivity contribution in [3.8, 4) is 0 Å². The van der Waals surface area contributed by atoms with Crippen LogP contribution in [0.2, 0.25) is 0 Å². The number of allylic oxidation sites excluding steroid dienone is 11. The van der Waals surface area contributed by atoms with E-state index in [9.17, 15) is 19.4 Å². The third-order valence-electron chi connectivity index (χ3n) is 18.1. The molecule has 0 radical (unpaired) electrons. The molecular weight excluding hydrogens is 1140 g/mol. The number of aliphatic hydroxyl groups excluding tert-OH is 1. The molecule has 0 aromatic rings. The summed E-state index contributed by atoms with van der Waals surface area (Å²) < 4.78 is 23.8. The normalized spacial score (nSPS) is 13.9. The lowest BCUT2D eigenvalue weighted by molar-refractivity contribution is -0.870. The average molecular weight is 1300 g/mol. The van der Waals surface area contributed by atoms with Gasteiger partial charge in [-0.1, -0.05) is 376 Å². The Kier molecular flexibility index (Phi) is 70.6. The van der Waals surface area contributed by atoms with Gasteiger partial charge in [0.2, 0.25) is 5.91 Å². The number of likely N-dealkylation sites (N-methyl/N-ethyl adjacent to an activating group) is 1. The highest BCUT2D eigenvalue weighted by Gasteiger charge is 2.28. The van der Waals surface area contributed by atoms with Crippen LogP contribution in [-0.2, 0) is 18.4 Å². The topological polar surface area (TPSA) is 105 Å². The zero-order chi connectivity index (χ0) is 66.2. The number of nitrogens with zero attached hydrogens (tertiary/aromatic N) is 1. The molecule has 8 nitrogen and oxygen atoms in total. The predicted molar refractivity (Wildman–Crippen MR) is 401 cm³/mol. The molecule has 91 heavy (non-hydrogen) atoms. The Morgan fingerprint density at radius 1 is 0.374 bits per heavy atom. The molecule has 3 unspecified atom stereocenters. The van der Waals surface area contributed by atoms with Crippen LogP contribution >= 0.6 is 7.82 Å². The van der Waals surface area contributed by atoms with E-state index in [-0.39, 0.29) is 19.1 Å². The van der Waals surface area contributed by atoms with Crippen LogP contribution in [0.15, 0.2) is 72.9 Å². The van der Waals surface area contributed by atoms with Gasteiger partial charge in [-0.05, 0) is 83.5 Å². The molecule has 0 saturated carbocycles. The number of quaternary nitrogens is 1. The first-order valence-corrected chi connectivity index (χ1v) is 41.3. The van der Waals surface area contributed by atoms with Crippen molar-refractivity contribution in [3.63, 3.8) is 0 Å². The SMILES string of the molecule is CCCCCCC/C=C\C/C=C\C/C=C\CCCCCCCCCCCCCCCCCCCCCCCCC(=O)NC(COP(=O)(O)OCC[N+](C)(C)C)C(O)/C=C/CC/C=C/CC/C=C/CCCCCCCCCCCCCCCCCCCCCCCC. The molecule has 0 aliphatic rings. The molecule has 0 heterocycles. The number of unbranched alkanes of at least 4 members (excludes halogenated alkanes) is 51. The maximum Gasteiger partial charge on any atom is 0.472 e. The van der Waals surface area contributed by atoms with Crippen molar-refractivity contribution in [1.82, 2.24) is 5.32 Å². The molecule has 0 spiro atoms. The molecular formula is C82H156N2O6P+. The first-order valence-electron chi connectivity index (χ1n) is 39.8. The van der Waals surface area contributed by atoms with Crippen molar-refractivity contribution >= 4 is 13.7 Å². The third kappa shape index (κ3) is 75.2. The van der Waals surface area contributed by atoms with E-state index in [0.717, 1.165) is 57.8 Å². The predicted octanol–water partition coefficient (Wildman–Crippen LogP) is 26.1. The quantitative estimate of drug-likeness (QED) is 0.0243. The van der Waals surface area contributed by atoms with E-state index < -0.39 is 20.0 Å². The zero-order valence-corrected chi connectivity index (χ0v) is 62.2. The molecule has 3 atom stereocenters. The van der Waals surface area contributed by atoms with Crippen molar-refractivity contribution in [2.24, 2.45) is 0 Å². The van der Waals surface area contributed by atoms with Crippen molar-refractivity contribution in [3.05, 3.63) is 72.9 Å². The second-order valence-electron chi connectivity index (χ2n) is 28.4. The zero-order valence-electron chi connectivity index (χ0n) is 61.3. The Morgan fingerprint density at radius 2 is 0.637 bits per heavy atom. The summed E-state index contributed by atoms with van der Waals surface area (Å²) >= 11 is 0. The fourth-order valence-corrected chi connectivity index (χ4v) is 12.7. The number of hydrogen-bond donors (Lipinski definition) is 3. The van der Waals surface area contributed by atoms with Crippen LogP contribution in [0.25, 0.3) is 0 Å². The molecule has 0 saturated heterocycles. The lowest BCUT2D eigenvalue weighted by Gasteiger charge is -2.25. The molecule has 0 aromatic heterocycles. The van der Waals surface area contributed by atoms with Crippen molar-refractivity contribution in [2.75, 3.05) is 40.9 Å². The molecule has 9 heteroatoms. The Balaban J connectivity index is 4.02. The van der Waals surface area contributed by atoms with E-state index in [1.165, 1.54) is 315 Å². The van der Waals surface area contributed by atoms with Crippen LogP contribution in [0.1, 0.15) is 393 Å². The molecule has 3 N–H and O–H groups in total. The summed E-state index contributed by atoms with van der Waals surface area (Å²) in [5.41, 5.74) is 0. The van der Waals surface area contributed by atoms with Gasteiger partial charge >= 0.3 is 7.82 Å². The monoisotopic (exact) mass is 1300 g/mol. The standard InChI is InChI=1S/C82H155N2O6P/c1-6-8-10-12-14-16-18-20-22-24-26-28-30-32-34-36-38-40-41-42-43-44-46-48-50-52-54-56-58-60-62-64-66-68-70-72-74-76-82(86)83-80(79-90-91(87,88)89-78-77-84(3,4)5)81(85)75-73-71-69-67-65-63-61-59-57-55-53-51-49-47-45-39-37-35-33-31-29-27-25-23-21-19-17-15-13-11-9-7-2/h18,20,24,26,30,32,57,59,65,67,73,75,80-81,85H,6-17,19,21-23,25,27-29,31,33-56,58,60-64,66,68-72,74,76-79H2,1-5H3,(H-,83,86,87,88)/p+1/b20-18-,26-24-,32-30-,59-57+,67-65+,75-73+. The van der Waals surface area contributed by atoms with Crippen LogP contribution in [-0.4, -0.2) is 73.4 Å². The van der Waals surface area contributed by atoms with Crippen molar-refractivity contribution in [1.29, 1.82) is 0 Å². The van der Waals surface area contributed by atoms with Gasteiger partial charge in [0, 0.05) is 6.42 Å². The number of nitrogens with one attached hydrogen (secondary N) is 1. The Labute approximate surface area is 567 Å². The molecule has 0 bridgehead atoms. The molecule has 0 rings (SSSR count). The molecule has 0 fully saturated rings. The van der Waals surface area contributed by atoms with Crippen LogP contribution in [0.4, 0.5) is 0 Å². The minimum absolute atomic E-state index is 0.0533. The maximum absolute atomic E-state index is 13.1. The van der Waals surface area contributed by atoms with E-state index in [2.05, 4.69) is 79.9 Å². The minimum Gasteiger partial charge on any atom is -0.387 e. The number of phosphoric ester groups is 1. The van der Waals surface area contributed by atoms with E-state index in [0.29, 0.717) is 17.4 Å². The van der Waals surface area contributed by atoms with Gasteiger partial charge in [-0.3, -0.25) is 13.8 Å². The summed E-state index contributed by atoms with van der Waals surface area (Å²) in [7, 11) is 1.56. The van der Waals surface area contributed by atoms with Gasteiger partial charge in [-0.2, -0.15) is 0 Å². The van der Waals surface area contributed by atoms with Gasteiger partial charge in [0.15, 0.2) is 0 Å². The lowest BCUT2D eigenvalue weighted by Crippen LogP contribution is -2.45. The smallest absolute Gasteiger partial charge is 0.387 e. The first-order chi connectivity index (χ1) is 44.5. The largest absolute Gasteiger partial charge is 0.472 e. The number of phosphoric acid groups is 1.